The van der Waals surface area contributed by atoms with Crippen LogP contribution in [0.1, 0.15) is 0 Å². The molecule has 0 amide bonds. The topological polar surface area (TPSA) is 78.0 Å². The van der Waals surface area contributed by atoms with Crippen LogP contribution in [0.15, 0.2) is 12.3 Å². The van der Waals surface area contributed by atoms with Crippen LogP contribution in [-0.4, -0.2) is 23.9 Å². The zero-order valence-corrected chi connectivity index (χ0v) is 6.17. The Kier molecular flexibility index (Phi) is 1.40. The number of nitrogen functional groups attached to an aromatic ring is 1. The number of aromatic nitrogens is 2. The Bertz CT molecular complexity index is 326. The van der Waals surface area contributed by atoms with E-state index in [-0.39, 0.29) is 5.82 Å². The first-order chi connectivity index (χ1) is 4.52. The number of hydrogen-bond donors (Lipinski definition) is 1. The van der Waals surface area contributed by atoms with Gasteiger partial charge in [0, 0.05) is 6.07 Å². The van der Waals surface area contributed by atoms with Crippen molar-refractivity contribution in [3.8, 4) is 0 Å². The summed E-state index contributed by atoms with van der Waals surface area (Å²) in [6, 6.07) is 1.42. The zero-order chi connectivity index (χ0) is 7.78. The van der Waals surface area contributed by atoms with Crippen molar-refractivity contribution in [1.82, 2.24) is 9.19 Å². The third-order valence-electron chi connectivity index (χ3n) is 0.952. The molecule has 56 valence electrons. The molecular weight excluding hydrogens is 154 g/mol. The lowest BCUT2D eigenvalue weighted by atomic mass is 10.7. The fourth-order valence-electron chi connectivity index (χ4n) is 0.578. The molecule has 0 spiro atoms. The number of hydrogen-bond acceptors (Lipinski definition) is 4. The molecule has 0 fully saturated rings. The molecule has 0 bridgehead atoms. The van der Waals surface area contributed by atoms with Crippen LogP contribution in [0.4, 0.5) is 5.82 Å². The summed E-state index contributed by atoms with van der Waals surface area (Å²) in [5.74, 6) is 0.127. The van der Waals surface area contributed by atoms with E-state index in [1.54, 1.807) is 0 Å². The minimum Gasteiger partial charge on any atom is -0.383 e. The number of nitrogens with two attached hydrogens (primary N) is 1. The van der Waals surface area contributed by atoms with E-state index in [0.29, 0.717) is 0 Å². The van der Waals surface area contributed by atoms with Gasteiger partial charge in [0.2, 0.25) is 0 Å². The van der Waals surface area contributed by atoms with E-state index < -0.39 is 10.0 Å². The lowest BCUT2D eigenvalue weighted by Gasteiger charge is -1.97. The van der Waals surface area contributed by atoms with Crippen molar-refractivity contribution < 1.29 is 8.42 Å². The van der Waals surface area contributed by atoms with Crippen molar-refractivity contribution >= 4 is 15.8 Å². The SMILES string of the molecule is CS(=O)(=O)n1nccc1N. The van der Waals surface area contributed by atoms with E-state index in [1.165, 1.54) is 12.3 Å². The molecule has 0 aliphatic heterocycles. The van der Waals surface area contributed by atoms with Gasteiger partial charge in [0.05, 0.1) is 12.5 Å². The van der Waals surface area contributed by atoms with Crippen molar-refractivity contribution in [1.29, 1.82) is 0 Å². The Hall–Kier alpha value is -1.04. The van der Waals surface area contributed by atoms with Gasteiger partial charge < -0.3 is 5.73 Å². The van der Waals surface area contributed by atoms with Gasteiger partial charge in [-0.1, -0.05) is 0 Å². The molecule has 2 N–H and O–H groups in total. The van der Waals surface area contributed by atoms with Crippen LogP contribution in [0.25, 0.3) is 0 Å². The fraction of sp³-hybridized carbons (Fsp3) is 0.250. The summed E-state index contributed by atoms with van der Waals surface area (Å²) in [6.07, 6.45) is 2.37. The number of rotatable bonds is 1. The molecule has 1 heterocycles. The van der Waals surface area contributed by atoms with Crippen LogP contribution in [0.2, 0.25) is 0 Å². The monoisotopic (exact) mass is 161 g/mol. The highest BCUT2D eigenvalue weighted by Gasteiger charge is 2.07. The summed E-state index contributed by atoms with van der Waals surface area (Å²) in [5, 5.41) is 3.49. The van der Waals surface area contributed by atoms with Crippen LogP contribution >= 0.6 is 0 Å². The Morgan fingerprint density at radius 3 is 2.50 bits per heavy atom. The van der Waals surface area contributed by atoms with E-state index in [1.807, 2.05) is 0 Å². The lowest BCUT2D eigenvalue weighted by molar-refractivity contribution is 0.587. The van der Waals surface area contributed by atoms with E-state index in [9.17, 15) is 8.42 Å². The first kappa shape index (κ1) is 7.07. The van der Waals surface area contributed by atoms with Gasteiger partial charge in [-0.05, 0) is 0 Å². The highest BCUT2D eigenvalue weighted by atomic mass is 32.2. The molecule has 0 aromatic carbocycles. The van der Waals surface area contributed by atoms with Gasteiger partial charge in [-0.2, -0.15) is 5.10 Å². The van der Waals surface area contributed by atoms with Gasteiger partial charge in [0.25, 0.3) is 10.0 Å². The van der Waals surface area contributed by atoms with Crippen LogP contribution in [0, 0.1) is 0 Å². The maximum Gasteiger partial charge on any atom is 0.252 e. The Balaban J connectivity index is 3.32. The van der Waals surface area contributed by atoms with Crippen LogP contribution in [-0.2, 0) is 10.0 Å². The Labute approximate surface area is 58.5 Å². The zero-order valence-electron chi connectivity index (χ0n) is 5.35. The largest absolute Gasteiger partial charge is 0.383 e. The summed E-state index contributed by atoms with van der Waals surface area (Å²) in [4.78, 5) is 0. The van der Waals surface area contributed by atoms with Crippen LogP contribution < -0.4 is 5.73 Å². The van der Waals surface area contributed by atoms with Crippen molar-refractivity contribution in [2.75, 3.05) is 12.0 Å². The van der Waals surface area contributed by atoms with E-state index >= 15 is 0 Å². The number of nitrogens with zero attached hydrogens (tertiary/aromatic N) is 2. The standard InChI is InChI=1S/C4H7N3O2S/c1-10(8,9)7-4(5)2-3-6-7/h2-3H,5H2,1H3. The summed E-state index contributed by atoms with van der Waals surface area (Å²) in [7, 11) is -3.31. The Morgan fingerprint density at radius 1 is 1.70 bits per heavy atom. The third-order valence-corrected chi connectivity index (χ3v) is 1.89. The molecule has 0 atom stereocenters. The van der Waals surface area contributed by atoms with Gasteiger partial charge in [-0.3, -0.25) is 0 Å². The molecule has 10 heavy (non-hydrogen) atoms. The molecule has 0 saturated carbocycles. The van der Waals surface area contributed by atoms with E-state index in [2.05, 4.69) is 5.10 Å². The molecule has 0 aliphatic rings. The van der Waals surface area contributed by atoms with Crippen molar-refractivity contribution in [2.45, 2.75) is 0 Å². The average Bonchev–Trinajstić information content (AvgIpc) is 2.11. The first-order valence-corrected chi connectivity index (χ1v) is 4.36. The maximum absolute atomic E-state index is 10.7. The van der Waals surface area contributed by atoms with E-state index in [4.69, 9.17) is 5.73 Å². The molecule has 0 saturated heterocycles. The van der Waals surface area contributed by atoms with Gasteiger partial charge in [-0.25, -0.2) is 8.42 Å². The van der Waals surface area contributed by atoms with Crippen LogP contribution in [0.3, 0.4) is 0 Å². The lowest BCUT2D eigenvalue weighted by Crippen LogP contribution is -2.13. The van der Waals surface area contributed by atoms with Crippen molar-refractivity contribution in [3.05, 3.63) is 12.3 Å². The smallest absolute Gasteiger partial charge is 0.252 e. The number of anilines is 1. The third kappa shape index (κ3) is 1.10. The quantitative estimate of drug-likeness (QED) is 0.589. The predicted molar refractivity (Wildman–Crippen MR) is 36.9 cm³/mol. The van der Waals surface area contributed by atoms with Gasteiger partial charge in [-0.15, -0.1) is 4.09 Å². The predicted octanol–water partition coefficient (Wildman–Crippen LogP) is -0.727. The van der Waals surface area contributed by atoms with Crippen LogP contribution in [0.5, 0.6) is 0 Å². The van der Waals surface area contributed by atoms with Gasteiger partial charge in [0.15, 0.2) is 0 Å². The van der Waals surface area contributed by atoms with Gasteiger partial charge in [0.1, 0.15) is 5.82 Å². The Morgan fingerprint density at radius 2 is 2.30 bits per heavy atom. The molecule has 1 aromatic rings. The molecule has 1 aromatic heterocycles. The minimum absolute atomic E-state index is 0.127. The normalized spacial score (nSPS) is 11.7. The molecule has 6 heteroatoms. The molecule has 0 unspecified atom stereocenters. The molecular formula is C4H7N3O2S. The van der Waals surface area contributed by atoms with Crippen molar-refractivity contribution in [2.24, 2.45) is 0 Å². The second kappa shape index (κ2) is 1.98. The van der Waals surface area contributed by atoms with E-state index in [0.717, 1.165) is 10.3 Å². The molecule has 5 nitrogen and oxygen atoms in total. The average molecular weight is 161 g/mol. The summed E-state index contributed by atoms with van der Waals surface area (Å²) in [6.45, 7) is 0. The highest BCUT2D eigenvalue weighted by molar-refractivity contribution is 7.89. The molecule has 0 aliphatic carbocycles. The summed E-state index contributed by atoms with van der Waals surface area (Å²) < 4.78 is 22.2. The summed E-state index contributed by atoms with van der Waals surface area (Å²) >= 11 is 0. The summed E-state index contributed by atoms with van der Waals surface area (Å²) in [5.41, 5.74) is 5.25. The highest BCUT2D eigenvalue weighted by Crippen LogP contribution is 2.01. The van der Waals surface area contributed by atoms with Gasteiger partial charge >= 0.3 is 0 Å². The second-order valence-electron chi connectivity index (χ2n) is 1.86. The van der Waals surface area contributed by atoms with Crippen molar-refractivity contribution in [3.63, 3.8) is 0 Å². The fourth-order valence-corrected chi connectivity index (χ4v) is 1.25. The second-order valence-corrected chi connectivity index (χ2v) is 3.67. The maximum atomic E-state index is 10.7. The molecule has 1 rings (SSSR count). The minimum atomic E-state index is -3.31. The first-order valence-electron chi connectivity index (χ1n) is 2.52. The molecule has 0 radical (unpaired) electrons.